The third-order valence-corrected chi connectivity index (χ3v) is 0. The summed E-state index contributed by atoms with van der Waals surface area (Å²) in [5.41, 5.74) is 0. The molecule has 26 valence electrons. The molecule has 0 N–H and O–H groups in total. The van der Waals surface area contributed by atoms with Crippen LogP contribution in [0.4, 0.5) is 0 Å². The fraction of sp³-hybridized carbons (Fsp3) is 0.500. The van der Waals surface area contributed by atoms with Crippen molar-refractivity contribution < 1.29 is 26.2 Å². The van der Waals surface area contributed by atoms with E-state index >= 15 is 0 Å². The number of hydrogen-bond acceptors (Lipinski definition) is 0. The molecule has 0 aromatic carbocycles. The van der Waals surface area contributed by atoms with Gasteiger partial charge in [-0.25, -0.2) is 0 Å². The van der Waals surface area contributed by atoms with Crippen LogP contribution in [0.25, 0.3) is 0 Å². The zero-order chi connectivity index (χ0) is 2.00. The summed E-state index contributed by atoms with van der Waals surface area (Å²) in [6, 6.07) is 0. The second kappa shape index (κ2) is 30.5. The summed E-state index contributed by atoms with van der Waals surface area (Å²) in [5.74, 6) is 0. The van der Waals surface area contributed by atoms with Crippen molar-refractivity contribution in [1.29, 1.82) is 0 Å². The molecule has 0 fully saturated rings. The standard InChI is InChI=1S/C2H5.ClH.Zr/c1-2;;/h1H2,2H3;1H;/q-1;;. The maximum Gasteiger partial charge on any atom is 0 e. The van der Waals surface area contributed by atoms with Gasteiger partial charge in [0.2, 0.25) is 0 Å². The first kappa shape index (κ1) is 19.1. The van der Waals surface area contributed by atoms with E-state index in [1.165, 1.54) is 0 Å². The summed E-state index contributed by atoms with van der Waals surface area (Å²) in [6.07, 6.45) is 0. The maximum atomic E-state index is 3.25. The zero-order valence-corrected chi connectivity index (χ0v) is 5.89. The summed E-state index contributed by atoms with van der Waals surface area (Å²) in [4.78, 5) is 0. The van der Waals surface area contributed by atoms with Gasteiger partial charge in [0.05, 0.1) is 0 Å². The molecule has 0 atom stereocenters. The molecule has 0 unspecified atom stereocenters. The van der Waals surface area contributed by atoms with Crippen molar-refractivity contribution in [2.45, 2.75) is 6.92 Å². The number of halogens is 1. The van der Waals surface area contributed by atoms with Crippen LogP contribution in [-0.2, 0) is 26.2 Å². The first-order chi connectivity index (χ1) is 1.00. The van der Waals surface area contributed by atoms with Crippen molar-refractivity contribution in [2.75, 3.05) is 0 Å². The largest absolute Gasteiger partial charge is 0.346 e. The molecule has 0 saturated carbocycles. The Bertz CT molecular complexity index is 6.00. The van der Waals surface area contributed by atoms with Gasteiger partial charge in [-0.2, -0.15) is 6.92 Å². The molecule has 2 heteroatoms. The predicted octanol–water partition coefficient (Wildman–Crippen LogP) is 1.26. The first-order valence-corrected chi connectivity index (χ1v) is 0.707. The van der Waals surface area contributed by atoms with E-state index in [1.54, 1.807) is 6.92 Å². The Morgan fingerprint density at radius 3 is 1.25 bits per heavy atom. The van der Waals surface area contributed by atoms with Crippen LogP contribution in [0.15, 0.2) is 0 Å². The van der Waals surface area contributed by atoms with Gasteiger partial charge in [-0.05, 0) is 0 Å². The van der Waals surface area contributed by atoms with Crippen molar-refractivity contribution in [2.24, 2.45) is 0 Å². The summed E-state index contributed by atoms with van der Waals surface area (Å²) in [7, 11) is 0. The summed E-state index contributed by atoms with van der Waals surface area (Å²) in [6.45, 7) is 5.00. The molecular formula is C2H6ClZr-. The van der Waals surface area contributed by atoms with Gasteiger partial charge in [0.1, 0.15) is 0 Å². The minimum atomic E-state index is 0. The SMILES string of the molecule is Cl.[CH2-]C.[Zr]. The Hall–Kier alpha value is 1.17. The minimum Gasteiger partial charge on any atom is -0.346 e. The Labute approximate surface area is 52.5 Å². The van der Waals surface area contributed by atoms with Gasteiger partial charge in [-0.1, -0.05) is 0 Å². The second-order valence-electron chi connectivity index (χ2n) is 0. The van der Waals surface area contributed by atoms with Crippen molar-refractivity contribution in [3.05, 3.63) is 6.92 Å². The molecule has 0 spiro atoms. The van der Waals surface area contributed by atoms with E-state index in [4.69, 9.17) is 0 Å². The third kappa shape index (κ3) is 10.9. The van der Waals surface area contributed by atoms with Crippen LogP contribution in [0.3, 0.4) is 0 Å². The number of rotatable bonds is 0. The van der Waals surface area contributed by atoms with Crippen LogP contribution in [0.2, 0.25) is 0 Å². The van der Waals surface area contributed by atoms with E-state index in [1.807, 2.05) is 0 Å². The van der Waals surface area contributed by atoms with Gasteiger partial charge in [0.15, 0.2) is 0 Å². The van der Waals surface area contributed by atoms with Crippen molar-refractivity contribution >= 4 is 12.4 Å². The normalized spacial score (nSPS) is 1.50. The van der Waals surface area contributed by atoms with E-state index in [0.717, 1.165) is 0 Å². The smallest absolute Gasteiger partial charge is 0 e. The Balaban J connectivity index is -0.00000000500. The van der Waals surface area contributed by atoms with E-state index in [2.05, 4.69) is 6.92 Å². The topological polar surface area (TPSA) is 0 Å². The van der Waals surface area contributed by atoms with E-state index in [-0.39, 0.29) is 38.6 Å². The fourth-order valence-corrected chi connectivity index (χ4v) is 0. The monoisotopic (exact) mass is 155 g/mol. The Kier molecular flexibility index (Phi) is 146. The predicted molar refractivity (Wildman–Crippen MR) is 18.3 cm³/mol. The summed E-state index contributed by atoms with van der Waals surface area (Å²) >= 11 is 0. The van der Waals surface area contributed by atoms with Gasteiger partial charge in [0.25, 0.3) is 0 Å². The maximum absolute atomic E-state index is 3.25. The van der Waals surface area contributed by atoms with Crippen molar-refractivity contribution in [1.82, 2.24) is 0 Å². The molecule has 0 amide bonds. The average Bonchev–Trinajstić information content (AvgIpc) is 1.00. The van der Waals surface area contributed by atoms with Crippen LogP contribution >= 0.6 is 12.4 Å². The van der Waals surface area contributed by atoms with Crippen LogP contribution in [0.5, 0.6) is 0 Å². The molecule has 0 rings (SSSR count). The van der Waals surface area contributed by atoms with E-state index in [0.29, 0.717) is 0 Å². The molecule has 0 heterocycles. The summed E-state index contributed by atoms with van der Waals surface area (Å²) in [5, 5.41) is 0. The van der Waals surface area contributed by atoms with E-state index < -0.39 is 0 Å². The molecule has 0 aliphatic heterocycles. The second-order valence-corrected chi connectivity index (χ2v) is 0. The van der Waals surface area contributed by atoms with Gasteiger partial charge >= 0.3 is 0 Å². The first-order valence-electron chi connectivity index (χ1n) is 0.707. The minimum absolute atomic E-state index is 0. The molecule has 0 aromatic heterocycles. The third-order valence-electron chi connectivity index (χ3n) is 0. The van der Waals surface area contributed by atoms with Crippen LogP contribution < -0.4 is 0 Å². The fourth-order valence-electron chi connectivity index (χ4n) is 0. The van der Waals surface area contributed by atoms with Gasteiger partial charge in [-0.15, -0.1) is 12.4 Å². The zero-order valence-electron chi connectivity index (χ0n) is 2.62. The molecule has 0 nitrogen and oxygen atoms in total. The molecule has 0 saturated heterocycles. The molecular weight excluding hydrogens is 151 g/mol. The molecule has 4 heavy (non-hydrogen) atoms. The Morgan fingerprint density at radius 2 is 1.25 bits per heavy atom. The van der Waals surface area contributed by atoms with E-state index in [9.17, 15) is 0 Å². The van der Waals surface area contributed by atoms with Gasteiger partial charge in [0, 0.05) is 26.2 Å². The number of hydrogen-bond donors (Lipinski definition) is 0. The molecule has 0 radical (unpaired) electrons. The quantitative estimate of drug-likeness (QED) is 0.464. The average molecular weight is 157 g/mol. The molecule has 0 aromatic rings. The van der Waals surface area contributed by atoms with Crippen LogP contribution in [0.1, 0.15) is 6.92 Å². The van der Waals surface area contributed by atoms with Crippen molar-refractivity contribution in [3.63, 3.8) is 0 Å². The van der Waals surface area contributed by atoms with Crippen LogP contribution in [-0.4, -0.2) is 0 Å². The summed E-state index contributed by atoms with van der Waals surface area (Å²) < 4.78 is 0. The van der Waals surface area contributed by atoms with Crippen molar-refractivity contribution in [3.8, 4) is 0 Å². The van der Waals surface area contributed by atoms with Gasteiger partial charge < -0.3 is 6.92 Å². The van der Waals surface area contributed by atoms with Gasteiger partial charge in [-0.3, -0.25) is 0 Å². The molecule has 0 aliphatic rings. The van der Waals surface area contributed by atoms with Crippen LogP contribution in [0, 0.1) is 6.92 Å². The molecule has 0 aliphatic carbocycles. The molecule has 0 bridgehead atoms. The Morgan fingerprint density at radius 1 is 1.25 bits per heavy atom.